The number of hydrogen-bond donors (Lipinski definition) is 0. The number of esters is 1. The molecule has 0 N–H and O–H groups in total. The molecule has 0 amide bonds. The lowest BCUT2D eigenvalue weighted by Gasteiger charge is -2.33. The topological polar surface area (TPSA) is 48.0 Å². The van der Waals surface area contributed by atoms with Crippen molar-refractivity contribution in [3.8, 4) is 11.5 Å². The van der Waals surface area contributed by atoms with Gasteiger partial charge < -0.3 is 14.2 Å². The fourth-order valence-electron chi connectivity index (χ4n) is 3.19. The van der Waals surface area contributed by atoms with Crippen LogP contribution >= 0.6 is 0 Å². The van der Waals surface area contributed by atoms with Crippen molar-refractivity contribution in [2.75, 3.05) is 26.2 Å². The highest BCUT2D eigenvalue weighted by molar-refractivity contribution is 5.70. The average Bonchev–Trinajstić information content (AvgIpc) is 2.69. The smallest absolute Gasteiger partial charge is 0.307 e. The van der Waals surface area contributed by atoms with Gasteiger partial charge in [-0.25, -0.2) is 4.39 Å². The Morgan fingerprint density at radius 1 is 1.17 bits per heavy atom. The third-order valence-corrected chi connectivity index (χ3v) is 4.60. The number of carbonyl (C=O) groups excluding carboxylic acids is 1. The summed E-state index contributed by atoms with van der Waals surface area (Å²) in [5, 5.41) is 0. The van der Waals surface area contributed by atoms with E-state index in [1.807, 2.05) is 32.9 Å². The molecule has 1 fully saturated rings. The summed E-state index contributed by atoms with van der Waals surface area (Å²) in [5.74, 6) is -1.94. The maximum atomic E-state index is 13.8. The van der Waals surface area contributed by atoms with Gasteiger partial charge in [0.25, 0.3) is 0 Å². The lowest BCUT2D eigenvalue weighted by Crippen LogP contribution is -2.39. The molecule has 0 saturated carbocycles. The molecular weight excluding hydrogens is 392 g/mol. The van der Waals surface area contributed by atoms with Crippen LogP contribution in [0, 0.1) is 11.6 Å². The Hall–Kier alpha value is -2.51. The second kappa shape index (κ2) is 9.53. The fourth-order valence-corrected chi connectivity index (χ4v) is 3.19. The van der Waals surface area contributed by atoms with E-state index in [0.717, 1.165) is 18.2 Å². The Morgan fingerprint density at radius 2 is 1.90 bits per heavy atom. The van der Waals surface area contributed by atoms with Crippen molar-refractivity contribution in [3.63, 3.8) is 0 Å². The molecule has 2 aromatic rings. The minimum atomic E-state index is -1.02. The summed E-state index contributed by atoms with van der Waals surface area (Å²) in [4.78, 5) is 14.1. The summed E-state index contributed by atoms with van der Waals surface area (Å²) in [6, 6.07) is 10.9. The molecule has 0 spiro atoms. The van der Waals surface area contributed by atoms with E-state index in [2.05, 4.69) is 4.90 Å². The number of morpholine rings is 1. The van der Waals surface area contributed by atoms with Crippen LogP contribution in [0.1, 0.15) is 38.9 Å². The van der Waals surface area contributed by atoms with E-state index in [9.17, 15) is 13.6 Å². The monoisotopic (exact) mass is 419 g/mol. The van der Waals surface area contributed by atoms with Crippen molar-refractivity contribution >= 4 is 5.97 Å². The summed E-state index contributed by atoms with van der Waals surface area (Å²) in [6.07, 6.45) is 0.188. The first kappa shape index (κ1) is 22.2. The zero-order valence-electron chi connectivity index (χ0n) is 17.5. The number of carbonyl (C=O) groups is 1. The number of halogens is 2. The second-order valence-corrected chi connectivity index (χ2v) is 8.22. The lowest BCUT2D eigenvalue weighted by molar-refractivity contribution is -0.155. The third-order valence-electron chi connectivity index (χ3n) is 4.60. The number of benzene rings is 2. The molecule has 2 aromatic carbocycles. The summed E-state index contributed by atoms with van der Waals surface area (Å²) in [6.45, 7) is 8.13. The van der Waals surface area contributed by atoms with E-state index in [1.54, 1.807) is 12.1 Å². The molecule has 0 radical (unpaired) electrons. The highest BCUT2D eigenvalue weighted by Crippen LogP contribution is 2.28. The van der Waals surface area contributed by atoms with E-state index in [-0.39, 0.29) is 17.8 Å². The number of nitrogens with zero attached hydrogens (tertiary/aromatic N) is 1. The Labute approximate surface area is 175 Å². The Morgan fingerprint density at radius 3 is 2.60 bits per heavy atom. The third kappa shape index (κ3) is 6.24. The minimum Gasteiger partial charge on any atom is -0.460 e. The van der Waals surface area contributed by atoms with Crippen molar-refractivity contribution in [3.05, 3.63) is 59.7 Å². The molecule has 1 unspecified atom stereocenters. The Bertz CT molecular complexity index is 864. The quantitative estimate of drug-likeness (QED) is 0.626. The van der Waals surface area contributed by atoms with Crippen molar-refractivity contribution in [1.82, 2.24) is 4.90 Å². The van der Waals surface area contributed by atoms with Crippen LogP contribution in [0.2, 0.25) is 0 Å². The highest BCUT2D eigenvalue weighted by Gasteiger charge is 2.23. The first-order valence-electron chi connectivity index (χ1n) is 9.99. The zero-order chi connectivity index (χ0) is 21.7. The minimum absolute atomic E-state index is 0.141. The fraction of sp³-hybridized carbons (Fsp3) is 0.435. The molecule has 1 aliphatic heterocycles. The Balaban J connectivity index is 1.55. The SMILES string of the molecule is CC(C)(C)OC(=O)CCN1CCOC(c2ccc(Oc3cccc(F)c3F)cc2)C1. The van der Waals surface area contributed by atoms with E-state index in [4.69, 9.17) is 14.2 Å². The normalized spacial score (nSPS) is 17.6. The molecule has 1 saturated heterocycles. The lowest BCUT2D eigenvalue weighted by atomic mass is 10.1. The molecule has 30 heavy (non-hydrogen) atoms. The van der Waals surface area contributed by atoms with Crippen LogP contribution < -0.4 is 4.74 Å². The molecule has 1 atom stereocenters. The van der Waals surface area contributed by atoms with E-state index in [1.165, 1.54) is 12.1 Å². The van der Waals surface area contributed by atoms with Gasteiger partial charge in [-0.1, -0.05) is 18.2 Å². The molecular formula is C23H27F2NO4. The first-order valence-corrected chi connectivity index (χ1v) is 9.99. The second-order valence-electron chi connectivity index (χ2n) is 8.22. The van der Waals surface area contributed by atoms with Gasteiger partial charge in [0.15, 0.2) is 11.6 Å². The van der Waals surface area contributed by atoms with Crippen molar-refractivity contribution in [2.24, 2.45) is 0 Å². The summed E-state index contributed by atoms with van der Waals surface area (Å²) >= 11 is 0. The molecule has 0 bridgehead atoms. The van der Waals surface area contributed by atoms with Gasteiger partial charge in [0.2, 0.25) is 5.82 Å². The van der Waals surface area contributed by atoms with Crippen LogP contribution in [0.15, 0.2) is 42.5 Å². The maximum absolute atomic E-state index is 13.8. The molecule has 7 heteroatoms. The average molecular weight is 419 g/mol. The molecule has 0 aromatic heterocycles. The van der Waals surface area contributed by atoms with Crippen LogP contribution in [0.5, 0.6) is 11.5 Å². The molecule has 1 heterocycles. The molecule has 1 aliphatic rings. The van der Waals surface area contributed by atoms with E-state index in [0.29, 0.717) is 31.9 Å². The summed E-state index contributed by atoms with van der Waals surface area (Å²) in [5.41, 5.74) is 0.465. The predicted octanol–water partition coefficient (Wildman–Crippen LogP) is 4.86. The largest absolute Gasteiger partial charge is 0.460 e. The standard InChI is InChI=1S/C23H27F2NO4/c1-23(2,3)30-21(27)11-12-26-13-14-28-20(15-26)16-7-9-17(10-8-16)29-19-6-4-5-18(24)22(19)25/h4-10,20H,11-15H2,1-3H3. The van der Waals surface area contributed by atoms with Gasteiger partial charge in [-0.15, -0.1) is 0 Å². The Kier molecular flexibility index (Phi) is 7.05. The molecule has 0 aliphatic carbocycles. The summed E-state index contributed by atoms with van der Waals surface area (Å²) in [7, 11) is 0. The number of rotatable bonds is 6. The van der Waals surface area contributed by atoms with Gasteiger partial charge in [0.1, 0.15) is 11.4 Å². The van der Waals surface area contributed by atoms with Gasteiger partial charge in [0.05, 0.1) is 19.1 Å². The zero-order valence-corrected chi connectivity index (χ0v) is 17.5. The molecule has 162 valence electrons. The van der Waals surface area contributed by atoms with Gasteiger partial charge in [-0.2, -0.15) is 4.39 Å². The van der Waals surface area contributed by atoms with Crippen LogP contribution in [-0.4, -0.2) is 42.7 Å². The van der Waals surface area contributed by atoms with Crippen LogP contribution in [-0.2, 0) is 14.3 Å². The van der Waals surface area contributed by atoms with E-state index < -0.39 is 17.2 Å². The first-order chi connectivity index (χ1) is 14.2. The van der Waals surface area contributed by atoms with Crippen molar-refractivity contribution < 1.29 is 27.8 Å². The van der Waals surface area contributed by atoms with E-state index >= 15 is 0 Å². The predicted molar refractivity (Wildman–Crippen MR) is 108 cm³/mol. The van der Waals surface area contributed by atoms with Crippen molar-refractivity contribution in [2.45, 2.75) is 38.9 Å². The number of hydrogen-bond acceptors (Lipinski definition) is 5. The molecule has 5 nitrogen and oxygen atoms in total. The van der Waals surface area contributed by atoms with Crippen LogP contribution in [0.25, 0.3) is 0 Å². The van der Waals surface area contributed by atoms with Gasteiger partial charge in [0, 0.05) is 19.6 Å². The molecule has 3 rings (SSSR count). The van der Waals surface area contributed by atoms with Crippen LogP contribution in [0.3, 0.4) is 0 Å². The van der Waals surface area contributed by atoms with Gasteiger partial charge in [-0.3, -0.25) is 9.69 Å². The van der Waals surface area contributed by atoms with Crippen LogP contribution in [0.4, 0.5) is 8.78 Å². The summed E-state index contributed by atoms with van der Waals surface area (Å²) < 4.78 is 43.7. The number of ether oxygens (including phenoxy) is 3. The van der Waals surface area contributed by atoms with Gasteiger partial charge >= 0.3 is 5.97 Å². The highest BCUT2D eigenvalue weighted by atomic mass is 19.2. The maximum Gasteiger partial charge on any atom is 0.307 e. The van der Waals surface area contributed by atoms with Crippen molar-refractivity contribution in [1.29, 1.82) is 0 Å². The van der Waals surface area contributed by atoms with Gasteiger partial charge in [-0.05, 0) is 50.6 Å².